The van der Waals surface area contributed by atoms with Gasteiger partial charge in [-0.2, -0.15) is 10.4 Å². The molecule has 8 heteroatoms. The van der Waals surface area contributed by atoms with Gasteiger partial charge in [0.25, 0.3) is 5.91 Å². The largest absolute Gasteiger partial charge is 0.370 e. The highest BCUT2D eigenvalue weighted by atomic mass is 16.1. The van der Waals surface area contributed by atoms with Gasteiger partial charge < -0.3 is 10.2 Å². The number of aromatic amines is 1. The molecule has 0 atom stereocenters. The van der Waals surface area contributed by atoms with Crippen molar-refractivity contribution in [1.29, 1.82) is 5.26 Å². The molecule has 1 fully saturated rings. The van der Waals surface area contributed by atoms with Crippen molar-refractivity contribution in [1.82, 2.24) is 20.2 Å². The zero-order valence-corrected chi connectivity index (χ0v) is 16.7. The fourth-order valence-corrected chi connectivity index (χ4v) is 3.82. The number of carbonyl (C=O) groups excluding carboxylic acids is 1. The highest BCUT2D eigenvalue weighted by Gasteiger charge is 2.17. The normalized spacial score (nSPS) is 13.3. The number of nitrogens with zero attached hydrogens (tertiary/aromatic N) is 5. The Bertz CT molecular complexity index is 1300. The summed E-state index contributed by atoms with van der Waals surface area (Å²) in [5.74, 6) is -0.348. The minimum atomic E-state index is -0.348. The van der Waals surface area contributed by atoms with Gasteiger partial charge >= 0.3 is 0 Å². The first kappa shape index (κ1) is 18.8. The van der Waals surface area contributed by atoms with Gasteiger partial charge in [0, 0.05) is 30.2 Å². The van der Waals surface area contributed by atoms with Crippen LogP contribution in [0.15, 0.2) is 55.0 Å². The SMILES string of the molecule is N#Cc1ccc(NC(=O)c2n[nH]c3ccc(-c4cncc(N5CCCC5)c4)cc23)cn1. The number of amides is 1. The Kier molecular flexibility index (Phi) is 4.77. The van der Waals surface area contributed by atoms with E-state index < -0.39 is 0 Å². The molecule has 0 bridgehead atoms. The van der Waals surface area contributed by atoms with Crippen LogP contribution in [-0.2, 0) is 0 Å². The van der Waals surface area contributed by atoms with Crippen molar-refractivity contribution in [3.63, 3.8) is 0 Å². The van der Waals surface area contributed by atoms with Gasteiger partial charge in [-0.25, -0.2) is 4.98 Å². The van der Waals surface area contributed by atoms with Crippen LogP contribution < -0.4 is 10.2 Å². The van der Waals surface area contributed by atoms with Gasteiger partial charge in [-0.1, -0.05) is 6.07 Å². The number of aromatic nitrogens is 4. The monoisotopic (exact) mass is 409 g/mol. The number of rotatable bonds is 4. The van der Waals surface area contributed by atoms with Crippen LogP contribution in [0.25, 0.3) is 22.0 Å². The maximum atomic E-state index is 12.8. The topological polar surface area (TPSA) is 111 Å². The van der Waals surface area contributed by atoms with Crippen LogP contribution in [-0.4, -0.2) is 39.2 Å². The van der Waals surface area contributed by atoms with Crippen molar-refractivity contribution >= 4 is 28.2 Å². The fraction of sp³-hybridized carbons (Fsp3) is 0.174. The van der Waals surface area contributed by atoms with Crippen LogP contribution in [0.3, 0.4) is 0 Å². The summed E-state index contributed by atoms with van der Waals surface area (Å²) in [7, 11) is 0. The number of pyridine rings is 2. The van der Waals surface area contributed by atoms with Crippen molar-refractivity contribution in [2.45, 2.75) is 12.8 Å². The lowest BCUT2D eigenvalue weighted by molar-refractivity contribution is 0.102. The summed E-state index contributed by atoms with van der Waals surface area (Å²) in [6, 6.07) is 13.2. The molecule has 1 saturated heterocycles. The number of fused-ring (bicyclic) bond motifs is 1. The first-order valence-corrected chi connectivity index (χ1v) is 10.1. The van der Waals surface area contributed by atoms with E-state index in [-0.39, 0.29) is 11.6 Å². The van der Waals surface area contributed by atoms with Gasteiger partial charge in [0.05, 0.1) is 29.3 Å². The third-order valence-electron chi connectivity index (χ3n) is 5.44. The molecule has 8 nitrogen and oxygen atoms in total. The summed E-state index contributed by atoms with van der Waals surface area (Å²) >= 11 is 0. The van der Waals surface area contributed by atoms with Crippen LogP contribution in [0.1, 0.15) is 29.0 Å². The zero-order chi connectivity index (χ0) is 21.2. The predicted molar refractivity (Wildman–Crippen MR) is 118 cm³/mol. The van der Waals surface area contributed by atoms with Gasteiger partial charge in [0.15, 0.2) is 5.69 Å². The molecule has 0 radical (unpaired) electrons. The molecule has 0 aliphatic carbocycles. The lowest BCUT2D eigenvalue weighted by Crippen LogP contribution is -2.17. The molecular formula is C23H19N7O. The van der Waals surface area contributed by atoms with E-state index in [0.717, 1.165) is 40.8 Å². The molecule has 1 aliphatic rings. The standard InChI is InChI=1S/C23H19N7O/c24-11-17-4-5-18(13-26-17)27-23(31)22-20-10-15(3-6-21(20)28-29-22)16-9-19(14-25-12-16)30-7-1-2-8-30/h3-6,9-10,12-14H,1-2,7-8H2,(H,27,31)(H,28,29). The maximum Gasteiger partial charge on any atom is 0.276 e. The van der Waals surface area contributed by atoms with Crippen molar-refractivity contribution in [2.75, 3.05) is 23.3 Å². The van der Waals surface area contributed by atoms with E-state index >= 15 is 0 Å². The van der Waals surface area contributed by atoms with E-state index in [4.69, 9.17) is 5.26 Å². The van der Waals surface area contributed by atoms with E-state index in [1.807, 2.05) is 36.7 Å². The van der Waals surface area contributed by atoms with Crippen LogP contribution >= 0.6 is 0 Å². The van der Waals surface area contributed by atoms with Crippen molar-refractivity contribution in [3.05, 3.63) is 66.4 Å². The number of hydrogen-bond acceptors (Lipinski definition) is 6. The Morgan fingerprint density at radius 3 is 2.71 bits per heavy atom. The molecule has 0 saturated carbocycles. The molecule has 31 heavy (non-hydrogen) atoms. The number of carbonyl (C=O) groups is 1. The molecule has 0 unspecified atom stereocenters. The summed E-state index contributed by atoms with van der Waals surface area (Å²) in [6.07, 6.45) is 7.60. The molecule has 3 aromatic heterocycles. The molecule has 152 valence electrons. The first-order valence-electron chi connectivity index (χ1n) is 10.1. The van der Waals surface area contributed by atoms with Crippen molar-refractivity contribution < 1.29 is 4.79 Å². The van der Waals surface area contributed by atoms with E-state index in [1.165, 1.54) is 19.0 Å². The van der Waals surface area contributed by atoms with Crippen LogP contribution in [0.2, 0.25) is 0 Å². The number of H-pyrrole nitrogens is 1. The van der Waals surface area contributed by atoms with Gasteiger partial charge in [-0.05, 0) is 48.7 Å². The summed E-state index contributed by atoms with van der Waals surface area (Å²) in [6.45, 7) is 2.11. The van der Waals surface area contributed by atoms with E-state index in [1.54, 1.807) is 12.1 Å². The molecule has 0 spiro atoms. The van der Waals surface area contributed by atoms with Gasteiger partial charge in [-0.15, -0.1) is 0 Å². The highest BCUT2D eigenvalue weighted by Crippen LogP contribution is 2.29. The molecule has 5 rings (SSSR count). The van der Waals surface area contributed by atoms with Gasteiger partial charge in [0.2, 0.25) is 0 Å². The van der Waals surface area contributed by atoms with Crippen LogP contribution in [0, 0.1) is 11.3 Å². The zero-order valence-electron chi connectivity index (χ0n) is 16.7. The number of nitriles is 1. The average molecular weight is 409 g/mol. The molecule has 1 aliphatic heterocycles. The van der Waals surface area contributed by atoms with Gasteiger partial charge in [-0.3, -0.25) is 14.9 Å². The molecule has 4 aromatic rings. The molecule has 1 amide bonds. The van der Waals surface area contributed by atoms with E-state index in [0.29, 0.717) is 11.4 Å². The highest BCUT2D eigenvalue weighted by molar-refractivity contribution is 6.11. The quantitative estimate of drug-likeness (QED) is 0.531. The Morgan fingerprint density at radius 2 is 1.94 bits per heavy atom. The fourth-order valence-electron chi connectivity index (χ4n) is 3.82. The second-order valence-corrected chi connectivity index (χ2v) is 7.46. The third kappa shape index (κ3) is 3.69. The molecular weight excluding hydrogens is 390 g/mol. The third-order valence-corrected chi connectivity index (χ3v) is 5.44. The molecule has 1 aromatic carbocycles. The van der Waals surface area contributed by atoms with E-state index in [2.05, 4.69) is 36.4 Å². The smallest absolute Gasteiger partial charge is 0.276 e. The van der Waals surface area contributed by atoms with Crippen molar-refractivity contribution in [2.24, 2.45) is 0 Å². The molecule has 4 heterocycles. The predicted octanol–water partition coefficient (Wildman–Crippen LogP) is 3.74. The lowest BCUT2D eigenvalue weighted by Gasteiger charge is -2.17. The summed E-state index contributed by atoms with van der Waals surface area (Å²) in [4.78, 5) is 23.6. The summed E-state index contributed by atoms with van der Waals surface area (Å²) < 4.78 is 0. The Morgan fingerprint density at radius 1 is 1.06 bits per heavy atom. The number of anilines is 2. The minimum absolute atomic E-state index is 0.289. The van der Waals surface area contributed by atoms with E-state index in [9.17, 15) is 4.79 Å². The van der Waals surface area contributed by atoms with Crippen LogP contribution in [0.4, 0.5) is 11.4 Å². The van der Waals surface area contributed by atoms with Crippen molar-refractivity contribution in [3.8, 4) is 17.2 Å². The number of benzene rings is 1. The Labute approximate surface area is 178 Å². The van der Waals surface area contributed by atoms with Gasteiger partial charge in [0.1, 0.15) is 11.8 Å². The summed E-state index contributed by atoms with van der Waals surface area (Å²) in [5, 5.41) is 19.5. The van der Waals surface area contributed by atoms with Crippen LogP contribution in [0.5, 0.6) is 0 Å². The summed E-state index contributed by atoms with van der Waals surface area (Å²) in [5.41, 5.74) is 4.94. The Hall–Kier alpha value is -4.25. The average Bonchev–Trinajstić information content (AvgIpc) is 3.49. The number of nitrogens with one attached hydrogen (secondary N) is 2. The lowest BCUT2D eigenvalue weighted by atomic mass is 10.0. The Balaban J connectivity index is 1.45. The minimum Gasteiger partial charge on any atom is -0.370 e. The molecule has 2 N–H and O–H groups in total. The maximum absolute atomic E-state index is 12.8. The second-order valence-electron chi connectivity index (χ2n) is 7.46. The first-order chi connectivity index (χ1) is 15.2. The number of hydrogen-bond donors (Lipinski definition) is 2. The second kappa shape index (κ2) is 7.88.